The minimum Gasteiger partial charge on any atom is -0.376 e. The van der Waals surface area contributed by atoms with Crippen molar-refractivity contribution in [2.24, 2.45) is 11.8 Å². The lowest BCUT2D eigenvalue weighted by Crippen LogP contribution is -2.48. The highest BCUT2D eigenvalue weighted by Crippen LogP contribution is 2.26. The minimum atomic E-state index is -0.0287. The lowest BCUT2D eigenvalue weighted by atomic mass is 9.88. The van der Waals surface area contributed by atoms with E-state index in [-0.39, 0.29) is 17.9 Å². The molecule has 1 saturated carbocycles. The summed E-state index contributed by atoms with van der Waals surface area (Å²) in [5.74, 6) is 0.932. The van der Waals surface area contributed by atoms with Crippen LogP contribution in [-0.2, 0) is 9.53 Å². The summed E-state index contributed by atoms with van der Waals surface area (Å²) in [6.07, 6.45) is 6.83. The van der Waals surface area contributed by atoms with Crippen molar-refractivity contribution in [3.63, 3.8) is 0 Å². The van der Waals surface area contributed by atoms with Crippen LogP contribution in [0.4, 0.5) is 4.79 Å². The van der Waals surface area contributed by atoms with Gasteiger partial charge in [-0.3, -0.25) is 4.79 Å². The maximum absolute atomic E-state index is 12.4. The number of urea groups is 1. The average molecular weight is 368 g/mol. The second-order valence-corrected chi connectivity index (χ2v) is 7.67. The van der Waals surface area contributed by atoms with Gasteiger partial charge >= 0.3 is 6.03 Å². The molecule has 2 atom stereocenters. The van der Waals surface area contributed by atoms with E-state index in [1.54, 1.807) is 0 Å². The molecule has 3 amide bonds. The van der Waals surface area contributed by atoms with E-state index in [2.05, 4.69) is 12.2 Å². The van der Waals surface area contributed by atoms with Gasteiger partial charge in [0.2, 0.25) is 5.91 Å². The Labute approximate surface area is 158 Å². The molecule has 6 heteroatoms. The molecule has 2 unspecified atom stereocenters. The zero-order chi connectivity index (χ0) is 18.9. The Morgan fingerprint density at radius 3 is 2.35 bits per heavy atom. The van der Waals surface area contributed by atoms with Crippen LogP contribution in [0.2, 0.25) is 0 Å². The number of nitrogens with zero attached hydrogens (tertiary/aromatic N) is 2. The van der Waals surface area contributed by atoms with Crippen molar-refractivity contribution in [1.29, 1.82) is 0 Å². The zero-order valence-corrected chi connectivity index (χ0v) is 16.8. The maximum atomic E-state index is 12.4. The van der Waals surface area contributed by atoms with E-state index in [1.165, 1.54) is 19.3 Å². The number of carbonyl (C=O) groups excluding carboxylic acids is 2. The topological polar surface area (TPSA) is 61.9 Å². The largest absolute Gasteiger partial charge is 0.376 e. The Bertz CT molecular complexity index is 446. The van der Waals surface area contributed by atoms with Gasteiger partial charge in [0.15, 0.2) is 0 Å². The molecular formula is C20H37N3O3. The number of hydrogen-bond donors (Lipinski definition) is 1. The van der Waals surface area contributed by atoms with Crippen LogP contribution in [-0.4, -0.2) is 67.2 Å². The SMILES string of the molecule is CCN(CC)C(=O)C1CCN(C(=O)NCCOC2CCCCC2C)CC1. The van der Waals surface area contributed by atoms with Gasteiger partial charge in [0, 0.05) is 38.6 Å². The first-order valence-corrected chi connectivity index (χ1v) is 10.5. The average Bonchev–Trinajstić information content (AvgIpc) is 2.67. The van der Waals surface area contributed by atoms with Crippen molar-refractivity contribution in [2.75, 3.05) is 39.3 Å². The fraction of sp³-hybridized carbons (Fsp3) is 0.900. The van der Waals surface area contributed by atoms with E-state index in [0.717, 1.165) is 32.4 Å². The van der Waals surface area contributed by atoms with Gasteiger partial charge < -0.3 is 19.9 Å². The predicted molar refractivity (Wildman–Crippen MR) is 103 cm³/mol. The summed E-state index contributed by atoms with van der Waals surface area (Å²) in [5, 5.41) is 2.96. The van der Waals surface area contributed by atoms with Crippen LogP contribution in [0.15, 0.2) is 0 Å². The molecule has 1 N–H and O–H groups in total. The molecule has 1 aliphatic heterocycles. The number of rotatable bonds is 7. The van der Waals surface area contributed by atoms with Gasteiger partial charge in [0.05, 0.1) is 12.7 Å². The molecule has 2 rings (SSSR count). The van der Waals surface area contributed by atoms with Gasteiger partial charge in [0.1, 0.15) is 0 Å². The fourth-order valence-corrected chi connectivity index (χ4v) is 4.13. The molecule has 1 heterocycles. The molecule has 0 radical (unpaired) electrons. The van der Waals surface area contributed by atoms with E-state index < -0.39 is 0 Å². The second kappa shape index (κ2) is 10.8. The van der Waals surface area contributed by atoms with Gasteiger partial charge in [-0.25, -0.2) is 4.79 Å². The summed E-state index contributed by atoms with van der Waals surface area (Å²) in [6.45, 7) is 10.3. The number of likely N-dealkylation sites (tertiary alicyclic amines) is 1. The Balaban J connectivity index is 1.63. The van der Waals surface area contributed by atoms with Crippen LogP contribution in [0, 0.1) is 11.8 Å². The van der Waals surface area contributed by atoms with E-state index in [0.29, 0.717) is 38.3 Å². The van der Waals surface area contributed by atoms with Gasteiger partial charge in [-0.2, -0.15) is 0 Å². The van der Waals surface area contributed by atoms with Crippen molar-refractivity contribution >= 4 is 11.9 Å². The molecule has 150 valence electrons. The third-order valence-electron chi connectivity index (χ3n) is 5.95. The summed E-state index contributed by atoms with van der Waals surface area (Å²) in [4.78, 5) is 28.4. The molecule has 0 aromatic carbocycles. The van der Waals surface area contributed by atoms with Crippen molar-refractivity contribution in [1.82, 2.24) is 15.1 Å². The van der Waals surface area contributed by atoms with E-state index in [9.17, 15) is 9.59 Å². The first-order valence-electron chi connectivity index (χ1n) is 10.5. The van der Waals surface area contributed by atoms with Crippen LogP contribution < -0.4 is 5.32 Å². The first-order chi connectivity index (χ1) is 12.6. The minimum absolute atomic E-state index is 0.0287. The monoisotopic (exact) mass is 367 g/mol. The van der Waals surface area contributed by atoms with Gasteiger partial charge in [-0.15, -0.1) is 0 Å². The maximum Gasteiger partial charge on any atom is 0.317 e. The molecule has 2 fully saturated rings. The van der Waals surface area contributed by atoms with E-state index in [1.807, 2.05) is 23.6 Å². The number of amides is 3. The highest BCUT2D eigenvalue weighted by Gasteiger charge is 2.29. The standard InChI is InChI=1S/C20H37N3O3/c1-4-22(5-2)19(24)17-10-13-23(14-11-17)20(25)21-12-15-26-18-9-7-6-8-16(18)3/h16-18H,4-15H2,1-3H3,(H,21,25). The summed E-state index contributed by atoms with van der Waals surface area (Å²) in [5.41, 5.74) is 0. The number of carbonyl (C=O) groups is 2. The van der Waals surface area contributed by atoms with Crippen molar-refractivity contribution < 1.29 is 14.3 Å². The molecular weight excluding hydrogens is 330 g/mol. The molecule has 2 aliphatic rings. The highest BCUT2D eigenvalue weighted by molar-refractivity contribution is 5.79. The van der Waals surface area contributed by atoms with Crippen LogP contribution >= 0.6 is 0 Å². The summed E-state index contributed by atoms with van der Waals surface area (Å²) in [7, 11) is 0. The molecule has 1 saturated heterocycles. The van der Waals surface area contributed by atoms with Crippen LogP contribution in [0.3, 0.4) is 0 Å². The zero-order valence-electron chi connectivity index (χ0n) is 16.8. The number of piperidine rings is 1. The Kier molecular flexibility index (Phi) is 8.69. The normalized spacial score (nSPS) is 24.3. The van der Waals surface area contributed by atoms with E-state index >= 15 is 0 Å². The third-order valence-corrected chi connectivity index (χ3v) is 5.95. The van der Waals surface area contributed by atoms with Crippen molar-refractivity contribution in [3.8, 4) is 0 Å². The molecule has 0 aromatic rings. The Hall–Kier alpha value is -1.30. The molecule has 0 spiro atoms. The van der Waals surface area contributed by atoms with Crippen LogP contribution in [0.25, 0.3) is 0 Å². The van der Waals surface area contributed by atoms with Gasteiger partial charge in [0.25, 0.3) is 0 Å². The van der Waals surface area contributed by atoms with Gasteiger partial charge in [-0.1, -0.05) is 19.8 Å². The van der Waals surface area contributed by atoms with E-state index in [4.69, 9.17) is 4.74 Å². The summed E-state index contributed by atoms with van der Waals surface area (Å²) < 4.78 is 5.95. The third kappa shape index (κ3) is 5.86. The number of hydrogen-bond acceptors (Lipinski definition) is 3. The van der Waals surface area contributed by atoms with Crippen LogP contribution in [0.1, 0.15) is 59.3 Å². The van der Waals surface area contributed by atoms with Crippen molar-refractivity contribution in [2.45, 2.75) is 65.4 Å². The first kappa shape index (κ1) is 21.0. The molecule has 26 heavy (non-hydrogen) atoms. The Morgan fingerprint density at radius 1 is 1.08 bits per heavy atom. The lowest BCUT2D eigenvalue weighted by Gasteiger charge is -2.34. The summed E-state index contributed by atoms with van der Waals surface area (Å²) >= 11 is 0. The highest BCUT2D eigenvalue weighted by atomic mass is 16.5. The molecule has 0 aromatic heterocycles. The van der Waals surface area contributed by atoms with Crippen LogP contribution in [0.5, 0.6) is 0 Å². The number of nitrogens with one attached hydrogen (secondary N) is 1. The molecule has 1 aliphatic carbocycles. The predicted octanol–water partition coefficient (Wildman–Crippen LogP) is 2.87. The number of ether oxygens (including phenoxy) is 1. The Morgan fingerprint density at radius 2 is 1.73 bits per heavy atom. The van der Waals surface area contributed by atoms with Gasteiger partial charge in [-0.05, 0) is 45.4 Å². The smallest absolute Gasteiger partial charge is 0.317 e. The summed E-state index contributed by atoms with van der Waals surface area (Å²) in [6, 6.07) is -0.0287. The molecule has 6 nitrogen and oxygen atoms in total. The second-order valence-electron chi connectivity index (χ2n) is 7.67. The molecule has 0 bridgehead atoms. The lowest BCUT2D eigenvalue weighted by molar-refractivity contribution is -0.136. The van der Waals surface area contributed by atoms with Crippen molar-refractivity contribution in [3.05, 3.63) is 0 Å². The fourth-order valence-electron chi connectivity index (χ4n) is 4.13. The quantitative estimate of drug-likeness (QED) is 0.704.